The normalized spacial score (nSPS) is 24.6. The van der Waals surface area contributed by atoms with E-state index in [2.05, 4.69) is 24.7 Å². The van der Waals surface area contributed by atoms with Gasteiger partial charge in [-0.2, -0.15) is 0 Å². The van der Waals surface area contributed by atoms with Gasteiger partial charge in [0.15, 0.2) is 0 Å². The zero-order valence-corrected chi connectivity index (χ0v) is 8.92. The highest BCUT2D eigenvalue weighted by molar-refractivity contribution is 4.89. The summed E-state index contributed by atoms with van der Waals surface area (Å²) in [6.07, 6.45) is 9.41. The van der Waals surface area contributed by atoms with Crippen LogP contribution in [0.1, 0.15) is 33.1 Å². The molecular weight excluding hydrogens is 158 g/mol. The molecule has 0 aromatic heterocycles. The van der Waals surface area contributed by atoms with Gasteiger partial charge in [-0.05, 0) is 37.6 Å². The summed E-state index contributed by atoms with van der Waals surface area (Å²) in [6, 6.07) is 0. The number of piperidine rings is 1. The van der Waals surface area contributed by atoms with Crippen molar-refractivity contribution in [3.8, 4) is 12.3 Å². The van der Waals surface area contributed by atoms with Crippen molar-refractivity contribution >= 4 is 0 Å². The Labute approximate surface area is 82.5 Å². The molecule has 1 heteroatoms. The van der Waals surface area contributed by atoms with E-state index >= 15 is 0 Å². The van der Waals surface area contributed by atoms with Crippen LogP contribution in [0.2, 0.25) is 0 Å². The van der Waals surface area contributed by atoms with Crippen LogP contribution in [0.4, 0.5) is 0 Å². The maximum Gasteiger partial charge on any atom is 0.0599 e. The Morgan fingerprint density at radius 3 is 2.92 bits per heavy atom. The van der Waals surface area contributed by atoms with Gasteiger partial charge >= 0.3 is 0 Å². The van der Waals surface area contributed by atoms with Gasteiger partial charge in [0, 0.05) is 6.54 Å². The number of nitrogens with zero attached hydrogens (tertiary/aromatic N) is 1. The number of hydrogen-bond donors (Lipinski definition) is 0. The first-order valence-electron chi connectivity index (χ1n) is 5.38. The Kier molecular flexibility index (Phi) is 4.32. The topological polar surface area (TPSA) is 3.24 Å². The van der Waals surface area contributed by atoms with E-state index < -0.39 is 0 Å². The largest absolute Gasteiger partial charge is 0.292 e. The lowest BCUT2D eigenvalue weighted by atomic mass is 9.90. The van der Waals surface area contributed by atoms with Gasteiger partial charge < -0.3 is 0 Å². The molecule has 1 nitrogen and oxygen atoms in total. The highest BCUT2D eigenvalue weighted by atomic mass is 15.1. The van der Waals surface area contributed by atoms with Crippen LogP contribution in [-0.2, 0) is 0 Å². The van der Waals surface area contributed by atoms with Crippen molar-refractivity contribution in [2.24, 2.45) is 11.8 Å². The monoisotopic (exact) mass is 179 g/mol. The second-order valence-electron chi connectivity index (χ2n) is 4.58. The second-order valence-corrected chi connectivity index (χ2v) is 4.58. The van der Waals surface area contributed by atoms with E-state index in [1.807, 2.05) is 0 Å². The van der Waals surface area contributed by atoms with Crippen LogP contribution >= 0.6 is 0 Å². The van der Waals surface area contributed by atoms with Crippen LogP contribution in [0.3, 0.4) is 0 Å². The molecule has 1 rings (SSSR count). The number of rotatable bonds is 3. The standard InChI is InChI=1S/C12H21N/c1-4-7-13-8-5-6-12(10-13)9-11(2)3/h1,11-12H,5-10H2,2-3H3. The number of likely N-dealkylation sites (tertiary alicyclic amines) is 1. The molecule has 13 heavy (non-hydrogen) atoms. The summed E-state index contributed by atoms with van der Waals surface area (Å²) in [5.74, 6) is 4.46. The molecule has 0 amide bonds. The molecule has 0 N–H and O–H groups in total. The molecule has 0 aromatic carbocycles. The van der Waals surface area contributed by atoms with Crippen LogP contribution in [-0.4, -0.2) is 24.5 Å². The third kappa shape index (κ3) is 3.83. The molecule has 1 atom stereocenters. The zero-order valence-electron chi connectivity index (χ0n) is 8.92. The fourth-order valence-electron chi connectivity index (χ4n) is 2.28. The Bertz CT molecular complexity index is 178. The predicted octanol–water partition coefficient (Wildman–Crippen LogP) is 2.38. The molecule has 1 fully saturated rings. The van der Waals surface area contributed by atoms with Crippen LogP contribution in [0, 0.1) is 24.2 Å². The van der Waals surface area contributed by atoms with Crippen molar-refractivity contribution in [2.45, 2.75) is 33.1 Å². The minimum atomic E-state index is 0.829. The van der Waals surface area contributed by atoms with E-state index in [0.717, 1.165) is 18.4 Å². The fourth-order valence-corrected chi connectivity index (χ4v) is 2.28. The van der Waals surface area contributed by atoms with E-state index in [0.29, 0.717) is 0 Å². The number of terminal acetylenes is 1. The fraction of sp³-hybridized carbons (Fsp3) is 0.833. The molecule has 1 aliphatic rings. The summed E-state index contributed by atoms with van der Waals surface area (Å²) in [5, 5.41) is 0. The van der Waals surface area contributed by atoms with E-state index in [-0.39, 0.29) is 0 Å². The third-order valence-electron chi connectivity index (χ3n) is 2.72. The molecule has 1 unspecified atom stereocenters. The van der Waals surface area contributed by atoms with Gasteiger partial charge in [-0.25, -0.2) is 0 Å². The molecule has 0 aliphatic carbocycles. The first-order chi connectivity index (χ1) is 6.22. The summed E-state index contributed by atoms with van der Waals surface area (Å²) in [7, 11) is 0. The van der Waals surface area contributed by atoms with Gasteiger partial charge in [0.25, 0.3) is 0 Å². The summed E-state index contributed by atoms with van der Waals surface area (Å²) < 4.78 is 0. The molecule has 0 aromatic rings. The lowest BCUT2D eigenvalue weighted by Gasteiger charge is -2.32. The van der Waals surface area contributed by atoms with Gasteiger partial charge in [0.1, 0.15) is 0 Å². The van der Waals surface area contributed by atoms with Gasteiger partial charge in [-0.15, -0.1) is 6.42 Å². The first-order valence-corrected chi connectivity index (χ1v) is 5.38. The molecule has 1 aliphatic heterocycles. The molecule has 0 radical (unpaired) electrons. The van der Waals surface area contributed by atoms with Gasteiger partial charge in [0.05, 0.1) is 6.54 Å². The molecule has 0 saturated carbocycles. The van der Waals surface area contributed by atoms with Gasteiger partial charge in [-0.3, -0.25) is 4.90 Å². The molecule has 74 valence electrons. The summed E-state index contributed by atoms with van der Waals surface area (Å²) in [6.45, 7) is 7.88. The molecule has 1 saturated heterocycles. The zero-order chi connectivity index (χ0) is 9.68. The number of hydrogen-bond acceptors (Lipinski definition) is 1. The van der Waals surface area contributed by atoms with Crippen LogP contribution < -0.4 is 0 Å². The van der Waals surface area contributed by atoms with Crippen LogP contribution in [0.15, 0.2) is 0 Å². The summed E-state index contributed by atoms with van der Waals surface area (Å²) in [4.78, 5) is 2.41. The maximum absolute atomic E-state index is 5.31. The van der Waals surface area contributed by atoms with E-state index in [1.54, 1.807) is 0 Å². The highest BCUT2D eigenvalue weighted by Crippen LogP contribution is 2.22. The quantitative estimate of drug-likeness (QED) is 0.601. The second kappa shape index (κ2) is 5.29. The Morgan fingerprint density at radius 1 is 1.54 bits per heavy atom. The van der Waals surface area contributed by atoms with Gasteiger partial charge in [0.2, 0.25) is 0 Å². The minimum Gasteiger partial charge on any atom is -0.292 e. The highest BCUT2D eigenvalue weighted by Gasteiger charge is 2.19. The molecule has 0 bridgehead atoms. The van der Waals surface area contributed by atoms with E-state index in [1.165, 1.54) is 32.4 Å². The average Bonchev–Trinajstić information content (AvgIpc) is 2.04. The van der Waals surface area contributed by atoms with Crippen molar-refractivity contribution in [3.63, 3.8) is 0 Å². The van der Waals surface area contributed by atoms with Gasteiger partial charge in [-0.1, -0.05) is 19.8 Å². The minimum absolute atomic E-state index is 0.829. The van der Waals surface area contributed by atoms with Crippen molar-refractivity contribution < 1.29 is 0 Å². The smallest absolute Gasteiger partial charge is 0.0599 e. The van der Waals surface area contributed by atoms with Crippen molar-refractivity contribution in [2.75, 3.05) is 19.6 Å². The average molecular weight is 179 g/mol. The first kappa shape index (κ1) is 10.6. The maximum atomic E-state index is 5.31. The summed E-state index contributed by atoms with van der Waals surface area (Å²) in [5.41, 5.74) is 0. The molecule has 0 spiro atoms. The van der Waals surface area contributed by atoms with Crippen LogP contribution in [0.5, 0.6) is 0 Å². The third-order valence-corrected chi connectivity index (χ3v) is 2.72. The van der Waals surface area contributed by atoms with Crippen molar-refractivity contribution in [3.05, 3.63) is 0 Å². The Hall–Kier alpha value is -0.480. The Morgan fingerprint density at radius 2 is 2.31 bits per heavy atom. The lowest BCUT2D eigenvalue weighted by Crippen LogP contribution is -2.36. The molecule has 1 heterocycles. The van der Waals surface area contributed by atoms with Crippen molar-refractivity contribution in [1.29, 1.82) is 0 Å². The lowest BCUT2D eigenvalue weighted by molar-refractivity contribution is 0.176. The summed E-state index contributed by atoms with van der Waals surface area (Å²) >= 11 is 0. The predicted molar refractivity (Wildman–Crippen MR) is 57.5 cm³/mol. The van der Waals surface area contributed by atoms with E-state index in [9.17, 15) is 0 Å². The van der Waals surface area contributed by atoms with E-state index in [4.69, 9.17) is 6.42 Å². The Balaban J connectivity index is 2.29. The SMILES string of the molecule is C#CCN1CCCC(CC(C)C)C1. The van der Waals surface area contributed by atoms with Crippen molar-refractivity contribution in [1.82, 2.24) is 4.90 Å². The molecular formula is C12H21N. The van der Waals surface area contributed by atoms with Crippen LogP contribution in [0.25, 0.3) is 0 Å².